The highest BCUT2D eigenvalue weighted by Crippen LogP contribution is 2.32. The molecule has 1 fully saturated rings. The van der Waals surface area contributed by atoms with E-state index >= 15 is 0 Å². The number of rotatable bonds is 6. The number of alkyl halides is 3. The summed E-state index contributed by atoms with van der Waals surface area (Å²) in [5.41, 5.74) is 4.75. The maximum atomic E-state index is 12.5. The normalized spacial score (nSPS) is 16.4. The maximum absolute atomic E-state index is 12.5. The predicted octanol–water partition coefficient (Wildman–Crippen LogP) is 1.94. The summed E-state index contributed by atoms with van der Waals surface area (Å²) >= 11 is 0. The predicted molar refractivity (Wildman–Crippen MR) is 70.6 cm³/mol. The fourth-order valence-electron chi connectivity index (χ4n) is 2.03. The first kappa shape index (κ1) is 15.6. The van der Waals surface area contributed by atoms with Crippen molar-refractivity contribution in [3.8, 4) is 5.75 Å². The molecule has 0 heterocycles. The molecule has 2 rings (SSSR count). The Balaban J connectivity index is 1.86. The van der Waals surface area contributed by atoms with E-state index in [0.717, 1.165) is 25.0 Å². The Bertz CT molecular complexity index is 501. The van der Waals surface area contributed by atoms with Gasteiger partial charge in [-0.1, -0.05) is 6.07 Å². The SMILES string of the molecule is NCC(NC(=O)COc1cccc(C(F)(F)F)c1)C1CC1. The molecule has 0 bridgehead atoms. The largest absolute Gasteiger partial charge is 0.484 e. The van der Waals surface area contributed by atoms with Crippen LogP contribution in [0.2, 0.25) is 0 Å². The Kier molecular flexibility index (Phi) is 4.72. The van der Waals surface area contributed by atoms with E-state index < -0.39 is 11.7 Å². The van der Waals surface area contributed by atoms with Crippen molar-refractivity contribution in [1.29, 1.82) is 0 Å². The van der Waals surface area contributed by atoms with Crippen molar-refractivity contribution in [2.24, 2.45) is 11.7 Å². The van der Waals surface area contributed by atoms with Crippen LogP contribution in [-0.4, -0.2) is 25.1 Å². The minimum atomic E-state index is -4.43. The molecule has 0 aliphatic heterocycles. The minimum absolute atomic E-state index is 0.00990. The average Bonchev–Trinajstić information content (AvgIpc) is 3.26. The molecule has 0 radical (unpaired) electrons. The Morgan fingerprint density at radius 3 is 2.71 bits per heavy atom. The minimum Gasteiger partial charge on any atom is -0.484 e. The van der Waals surface area contributed by atoms with Crippen molar-refractivity contribution in [3.05, 3.63) is 29.8 Å². The Hall–Kier alpha value is -1.76. The number of hydrogen-bond donors (Lipinski definition) is 2. The van der Waals surface area contributed by atoms with Gasteiger partial charge in [-0.25, -0.2) is 0 Å². The van der Waals surface area contributed by atoms with Crippen LogP contribution in [0, 0.1) is 5.92 Å². The number of carbonyl (C=O) groups is 1. The second kappa shape index (κ2) is 6.34. The topological polar surface area (TPSA) is 64.3 Å². The van der Waals surface area contributed by atoms with Crippen molar-refractivity contribution in [2.75, 3.05) is 13.2 Å². The van der Waals surface area contributed by atoms with E-state index in [1.165, 1.54) is 12.1 Å². The first-order valence-electron chi connectivity index (χ1n) is 6.69. The molecule has 1 saturated carbocycles. The van der Waals surface area contributed by atoms with Gasteiger partial charge in [0.15, 0.2) is 6.61 Å². The summed E-state index contributed by atoms with van der Waals surface area (Å²) in [6.07, 6.45) is -2.36. The third-order valence-corrected chi connectivity index (χ3v) is 3.32. The molecule has 1 aromatic rings. The zero-order valence-corrected chi connectivity index (χ0v) is 11.3. The highest BCUT2D eigenvalue weighted by molar-refractivity contribution is 5.78. The van der Waals surface area contributed by atoms with Crippen LogP contribution in [0.4, 0.5) is 13.2 Å². The highest BCUT2D eigenvalue weighted by Gasteiger charge is 2.32. The quantitative estimate of drug-likeness (QED) is 0.844. The number of carbonyl (C=O) groups excluding carboxylic acids is 1. The van der Waals surface area contributed by atoms with Crippen LogP contribution < -0.4 is 15.8 Å². The molecular weight excluding hydrogens is 285 g/mol. The van der Waals surface area contributed by atoms with Crippen LogP contribution >= 0.6 is 0 Å². The standard InChI is InChI=1S/C14H17F3N2O2/c15-14(16,17)10-2-1-3-11(6-10)21-8-13(20)19-12(7-18)9-4-5-9/h1-3,6,9,12H,4-5,7-8,18H2,(H,19,20). The monoisotopic (exact) mass is 302 g/mol. The highest BCUT2D eigenvalue weighted by atomic mass is 19.4. The van der Waals surface area contributed by atoms with Gasteiger partial charge in [0.25, 0.3) is 5.91 Å². The Labute approximate surface area is 120 Å². The summed E-state index contributed by atoms with van der Waals surface area (Å²) in [5.74, 6) is 0.0398. The van der Waals surface area contributed by atoms with Gasteiger partial charge >= 0.3 is 6.18 Å². The van der Waals surface area contributed by atoms with Crippen LogP contribution in [0.25, 0.3) is 0 Å². The molecule has 3 N–H and O–H groups in total. The lowest BCUT2D eigenvalue weighted by Crippen LogP contribution is -2.43. The molecular formula is C14H17F3N2O2. The van der Waals surface area contributed by atoms with Crippen molar-refractivity contribution >= 4 is 5.91 Å². The molecule has 4 nitrogen and oxygen atoms in total. The average molecular weight is 302 g/mol. The van der Waals surface area contributed by atoms with E-state index in [0.29, 0.717) is 12.5 Å². The Morgan fingerprint density at radius 2 is 2.14 bits per heavy atom. The van der Waals surface area contributed by atoms with Crippen LogP contribution in [-0.2, 0) is 11.0 Å². The lowest BCUT2D eigenvalue weighted by atomic mass is 10.2. The smallest absolute Gasteiger partial charge is 0.416 e. The number of halogens is 3. The molecule has 1 unspecified atom stereocenters. The summed E-state index contributed by atoms with van der Waals surface area (Å²) in [5, 5.41) is 2.73. The first-order chi connectivity index (χ1) is 9.90. The van der Waals surface area contributed by atoms with Gasteiger partial charge in [-0.05, 0) is 37.0 Å². The molecule has 1 amide bonds. The van der Waals surface area contributed by atoms with Crippen molar-refractivity contribution in [1.82, 2.24) is 5.32 Å². The van der Waals surface area contributed by atoms with Gasteiger partial charge in [-0.2, -0.15) is 13.2 Å². The number of benzene rings is 1. The molecule has 0 saturated heterocycles. The number of nitrogens with two attached hydrogens (primary N) is 1. The molecule has 7 heteroatoms. The Morgan fingerprint density at radius 1 is 1.43 bits per heavy atom. The van der Waals surface area contributed by atoms with Gasteiger partial charge in [-0.3, -0.25) is 4.79 Å². The molecule has 0 spiro atoms. The van der Waals surface area contributed by atoms with Crippen molar-refractivity contribution < 1.29 is 22.7 Å². The second-order valence-electron chi connectivity index (χ2n) is 5.06. The van der Waals surface area contributed by atoms with Crippen LogP contribution in [0.5, 0.6) is 5.75 Å². The van der Waals surface area contributed by atoms with E-state index in [4.69, 9.17) is 10.5 Å². The van der Waals surface area contributed by atoms with Crippen molar-refractivity contribution in [3.63, 3.8) is 0 Å². The zero-order chi connectivity index (χ0) is 15.5. The van der Waals surface area contributed by atoms with E-state index in [1.807, 2.05) is 0 Å². The lowest BCUT2D eigenvalue weighted by molar-refractivity contribution is -0.137. The molecule has 116 valence electrons. The van der Waals surface area contributed by atoms with Crippen LogP contribution in [0.15, 0.2) is 24.3 Å². The molecule has 21 heavy (non-hydrogen) atoms. The van der Waals surface area contributed by atoms with Gasteiger partial charge in [-0.15, -0.1) is 0 Å². The molecule has 1 aliphatic rings. The van der Waals surface area contributed by atoms with E-state index in [1.54, 1.807) is 0 Å². The van der Waals surface area contributed by atoms with Gasteiger partial charge in [0.1, 0.15) is 5.75 Å². The fraction of sp³-hybridized carbons (Fsp3) is 0.500. The van der Waals surface area contributed by atoms with Crippen LogP contribution in [0.3, 0.4) is 0 Å². The number of ether oxygens (including phenoxy) is 1. The zero-order valence-electron chi connectivity index (χ0n) is 11.3. The van der Waals surface area contributed by atoms with Crippen LogP contribution in [0.1, 0.15) is 18.4 Å². The van der Waals surface area contributed by atoms with Gasteiger partial charge in [0, 0.05) is 12.6 Å². The number of nitrogens with one attached hydrogen (secondary N) is 1. The van der Waals surface area contributed by atoms with E-state index in [-0.39, 0.29) is 24.3 Å². The molecule has 1 aromatic carbocycles. The van der Waals surface area contributed by atoms with Gasteiger partial charge in [0.05, 0.1) is 5.56 Å². The fourth-order valence-corrected chi connectivity index (χ4v) is 2.03. The summed E-state index contributed by atoms with van der Waals surface area (Å²) in [6.45, 7) is 0.0183. The van der Waals surface area contributed by atoms with E-state index in [9.17, 15) is 18.0 Å². The third kappa shape index (κ3) is 4.63. The summed E-state index contributed by atoms with van der Waals surface area (Å²) in [6, 6.07) is 4.36. The first-order valence-corrected chi connectivity index (χ1v) is 6.69. The summed E-state index contributed by atoms with van der Waals surface area (Å²) < 4.78 is 42.7. The summed E-state index contributed by atoms with van der Waals surface area (Å²) in [4.78, 5) is 11.7. The molecule has 1 atom stereocenters. The van der Waals surface area contributed by atoms with Gasteiger partial charge < -0.3 is 15.8 Å². The third-order valence-electron chi connectivity index (χ3n) is 3.32. The van der Waals surface area contributed by atoms with Crippen molar-refractivity contribution in [2.45, 2.75) is 25.1 Å². The van der Waals surface area contributed by atoms with E-state index in [2.05, 4.69) is 5.32 Å². The molecule has 1 aliphatic carbocycles. The summed E-state index contributed by atoms with van der Waals surface area (Å²) in [7, 11) is 0. The second-order valence-corrected chi connectivity index (χ2v) is 5.06. The molecule has 0 aromatic heterocycles. The maximum Gasteiger partial charge on any atom is 0.416 e. The van der Waals surface area contributed by atoms with Gasteiger partial charge in [0.2, 0.25) is 0 Å². The number of amides is 1. The lowest BCUT2D eigenvalue weighted by Gasteiger charge is -2.16. The number of hydrogen-bond acceptors (Lipinski definition) is 3.